The number of hydrogen-bond donors (Lipinski definition) is 2. The van der Waals surface area contributed by atoms with Gasteiger partial charge in [0.2, 0.25) is 5.91 Å². The minimum atomic E-state index is -0.119. The van der Waals surface area contributed by atoms with Gasteiger partial charge < -0.3 is 5.32 Å². The number of thioether (sulfide) groups is 1. The molecular weight excluding hydrogens is 292 g/mol. The fourth-order valence-electron chi connectivity index (χ4n) is 1.97. The molecule has 3 rings (SSSR count). The zero-order chi connectivity index (χ0) is 13.9. The van der Waals surface area contributed by atoms with E-state index in [9.17, 15) is 4.79 Å². The van der Waals surface area contributed by atoms with Gasteiger partial charge >= 0.3 is 0 Å². The lowest BCUT2D eigenvalue weighted by molar-refractivity contribution is -0.117. The molecule has 1 aliphatic heterocycles. The van der Waals surface area contributed by atoms with Crippen LogP contribution in [0.25, 0.3) is 10.4 Å². The molecule has 1 saturated heterocycles. The quantitative estimate of drug-likeness (QED) is 0.909. The average Bonchev–Trinajstić information content (AvgIpc) is 3.09. The number of aryl methyl sites for hydroxylation is 1. The van der Waals surface area contributed by atoms with Gasteiger partial charge in [0.1, 0.15) is 0 Å². The van der Waals surface area contributed by atoms with Crippen LogP contribution in [-0.4, -0.2) is 33.5 Å². The zero-order valence-electron chi connectivity index (χ0n) is 10.9. The van der Waals surface area contributed by atoms with Crippen molar-refractivity contribution >= 4 is 34.1 Å². The monoisotopic (exact) mass is 306 g/mol. The first-order valence-electron chi connectivity index (χ1n) is 6.24. The molecule has 1 atom stereocenters. The number of amides is 1. The first kappa shape index (κ1) is 13.5. The highest BCUT2D eigenvalue weighted by Gasteiger charge is 2.23. The van der Waals surface area contributed by atoms with Crippen LogP contribution in [0, 0.1) is 6.92 Å². The van der Waals surface area contributed by atoms with Gasteiger partial charge in [0, 0.05) is 29.6 Å². The van der Waals surface area contributed by atoms with E-state index < -0.39 is 0 Å². The van der Waals surface area contributed by atoms with Gasteiger partial charge in [-0.3, -0.25) is 15.1 Å². The van der Waals surface area contributed by atoms with Crippen LogP contribution in [-0.2, 0) is 4.79 Å². The second-order valence-corrected chi connectivity index (χ2v) is 6.47. The van der Waals surface area contributed by atoms with Crippen LogP contribution in [0.4, 0.5) is 5.13 Å². The minimum Gasteiger partial charge on any atom is -0.301 e. The van der Waals surface area contributed by atoms with Crippen LogP contribution in [0.1, 0.15) is 5.69 Å². The molecule has 0 aromatic carbocycles. The Bertz CT molecular complexity index is 608. The first-order chi connectivity index (χ1) is 9.74. The number of hydrogen-bond acceptors (Lipinski definition) is 6. The van der Waals surface area contributed by atoms with Crippen molar-refractivity contribution < 1.29 is 4.79 Å². The molecule has 0 radical (unpaired) electrons. The third-order valence-electron chi connectivity index (χ3n) is 2.98. The molecule has 5 nitrogen and oxygen atoms in total. The summed E-state index contributed by atoms with van der Waals surface area (Å²) in [6.45, 7) is 1.94. The number of thiazole rings is 1. The molecule has 0 aliphatic carbocycles. The Morgan fingerprint density at radius 1 is 1.55 bits per heavy atom. The number of nitrogens with zero attached hydrogens (tertiary/aromatic N) is 2. The molecule has 0 bridgehead atoms. The number of nitrogens with one attached hydrogen (secondary N) is 2. The molecule has 1 amide bonds. The summed E-state index contributed by atoms with van der Waals surface area (Å²) < 4.78 is 0. The minimum absolute atomic E-state index is 0.0125. The zero-order valence-corrected chi connectivity index (χ0v) is 12.6. The van der Waals surface area contributed by atoms with Crippen LogP contribution < -0.4 is 10.6 Å². The van der Waals surface area contributed by atoms with Gasteiger partial charge in [0.05, 0.1) is 16.6 Å². The average molecular weight is 306 g/mol. The van der Waals surface area contributed by atoms with Gasteiger partial charge in [-0.2, -0.15) is 0 Å². The summed E-state index contributed by atoms with van der Waals surface area (Å²) in [6, 6.07) is 3.77. The van der Waals surface area contributed by atoms with Gasteiger partial charge in [-0.25, -0.2) is 4.98 Å². The first-order valence-corrected chi connectivity index (χ1v) is 8.21. The predicted molar refractivity (Wildman–Crippen MR) is 83.0 cm³/mol. The van der Waals surface area contributed by atoms with E-state index in [2.05, 4.69) is 20.6 Å². The Labute approximate surface area is 125 Å². The van der Waals surface area contributed by atoms with Crippen molar-refractivity contribution in [3.05, 3.63) is 30.2 Å². The lowest BCUT2D eigenvalue weighted by atomic mass is 10.2. The van der Waals surface area contributed by atoms with Crippen molar-refractivity contribution in [2.75, 3.05) is 16.9 Å². The highest BCUT2D eigenvalue weighted by atomic mass is 32.2. The van der Waals surface area contributed by atoms with Crippen molar-refractivity contribution in [1.29, 1.82) is 0 Å². The van der Waals surface area contributed by atoms with E-state index in [1.54, 1.807) is 24.2 Å². The van der Waals surface area contributed by atoms with Crippen molar-refractivity contribution in [3.8, 4) is 10.4 Å². The highest BCUT2D eigenvalue weighted by Crippen LogP contribution is 2.32. The SMILES string of the molecule is Cc1nc(NC(=O)C2CSCN2)sc1-c1cccnc1. The Hall–Kier alpha value is -1.44. The van der Waals surface area contributed by atoms with E-state index >= 15 is 0 Å². The second kappa shape index (κ2) is 5.90. The summed E-state index contributed by atoms with van der Waals surface area (Å²) in [5.41, 5.74) is 1.93. The molecule has 104 valence electrons. The van der Waals surface area contributed by atoms with Gasteiger partial charge in [-0.1, -0.05) is 17.4 Å². The molecule has 1 fully saturated rings. The summed E-state index contributed by atoms with van der Waals surface area (Å²) in [4.78, 5) is 21.6. The number of anilines is 1. The number of pyridine rings is 1. The molecule has 0 spiro atoms. The van der Waals surface area contributed by atoms with Crippen LogP contribution >= 0.6 is 23.1 Å². The van der Waals surface area contributed by atoms with Crippen molar-refractivity contribution in [2.24, 2.45) is 0 Å². The molecule has 3 heterocycles. The molecule has 1 aliphatic rings. The summed E-state index contributed by atoms with van der Waals surface area (Å²) in [5.74, 6) is 1.63. The standard InChI is InChI=1S/C13H14N4OS2/c1-8-11(9-3-2-4-14-5-9)20-13(16-8)17-12(18)10-6-19-7-15-10/h2-5,10,15H,6-7H2,1H3,(H,16,17,18). The van der Waals surface area contributed by atoms with Crippen LogP contribution in [0.2, 0.25) is 0 Å². The van der Waals surface area contributed by atoms with Crippen molar-refractivity contribution in [3.63, 3.8) is 0 Å². The molecule has 2 N–H and O–H groups in total. The van der Waals surface area contributed by atoms with Crippen molar-refractivity contribution in [1.82, 2.24) is 15.3 Å². The topological polar surface area (TPSA) is 66.9 Å². The molecule has 7 heteroatoms. The second-order valence-electron chi connectivity index (χ2n) is 4.44. The summed E-state index contributed by atoms with van der Waals surface area (Å²) >= 11 is 3.21. The van der Waals surface area contributed by atoms with Crippen LogP contribution in [0.15, 0.2) is 24.5 Å². The highest BCUT2D eigenvalue weighted by molar-refractivity contribution is 7.99. The Balaban J connectivity index is 1.77. The molecule has 1 unspecified atom stereocenters. The summed E-state index contributed by atoms with van der Waals surface area (Å²) in [7, 11) is 0. The maximum Gasteiger partial charge on any atom is 0.244 e. The third kappa shape index (κ3) is 2.84. The smallest absolute Gasteiger partial charge is 0.244 e. The number of rotatable bonds is 3. The van der Waals surface area contributed by atoms with E-state index in [-0.39, 0.29) is 11.9 Å². The predicted octanol–water partition coefficient (Wildman–Crippen LogP) is 2.11. The fourth-order valence-corrected chi connectivity index (χ4v) is 3.87. The van der Waals surface area contributed by atoms with E-state index in [0.29, 0.717) is 5.13 Å². The molecule has 2 aromatic heterocycles. The fraction of sp³-hybridized carbons (Fsp3) is 0.308. The Morgan fingerprint density at radius 3 is 3.15 bits per heavy atom. The third-order valence-corrected chi connectivity index (χ3v) is 5.05. The van der Waals surface area contributed by atoms with E-state index in [0.717, 1.165) is 27.8 Å². The number of carbonyl (C=O) groups is 1. The van der Waals surface area contributed by atoms with Crippen LogP contribution in [0.3, 0.4) is 0 Å². The van der Waals surface area contributed by atoms with Crippen molar-refractivity contribution in [2.45, 2.75) is 13.0 Å². The molecule has 20 heavy (non-hydrogen) atoms. The van der Waals surface area contributed by atoms with Crippen LogP contribution in [0.5, 0.6) is 0 Å². The Kier molecular flexibility index (Phi) is 4.00. The Morgan fingerprint density at radius 2 is 2.45 bits per heavy atom. The van der Waals surface area contributed by atoms with E-state index in [1.165, 1.54) is 11.3 Å². The van der Waals surface area contributed by atoms with Gasteiger partial charge in [-0.05, 0) is 13.0 Å². The van der Waals surface area contributed by atoms with E-state index in [1.807, 2.05) is 19.1 Å². The van der Waals surface area contributed by atoms with Gasteiger partial charge in [0.15, 0.2) is 5.13 Å². The largest absolute Gasteiger partial charge is 0.301 e. The lowest BCUT2D eigenvalue weighted by Crippen LogP contribution is -2.37. The van der Waals surface area contributed by atoms with E-state index in [4.69, 9.17) is 0 Å². The van der Waals surface area contributed by atoms with Gasteiger partial charge in [-0.15, -0.1) is 11.8 Å². The molecule has 2 aromatic rings. The maximum atomic E-state index is 12.0. The molecular formula is C13H14N4OS2. The number of carbonyl (C=O) groups excluding carboxylic acids is 1. The summed E-state index contributed by atoms with van der Waals surface area (Å²) in [5, 5.41) is 6.68. The maximum absolute atomic E-state index is 12.0. The summed E-state index contributed by atoms with van der Waals surface area (Å²) in [6.07, 6.45) is 3.55. The molecule has 0 saturated carbocycles. The normalized spacial score (nSPS) is 18.1. The lowest BCUT2D eigenvalue weighted by Gasteiger charge is -2.07. The number of aromatic nitrogens is 2. The van der Waals surface area contributed by atoms with Gasteiger partial charge in [0.25, 0.3) is 0 Å².